The molecule has 0 aliphatic heterocycles. The first-order chi connectivity index (χ1) is 8.51. The quantitative estimate of drug-likeness (QED) is 0.567. The SMILES string of the molecule is CCNC(=O)CNc1c([N+](=O)[O-])c(CC)nn1C. The first kappa shape index (κ1) is 13.9. The van der Waals surface area contributed by atoms with Crippen LogP contribution in [0.25, 0.3) is 0 Å². The van der Waals surface area contributed by atoms with Gasteiger partial charge in [0, 0.05) is 13.6 Å². The van der Waals surface area contributed by atoms with Crippen LogP contribution in [0.15, 0.2) is 0 Å². The number of amides is 1. The summed E-state index contributed by atoms with van der Waals surface area (Å²) in [5, 5.41) is 20.4. The third-order valence-electron chi connectivity index (χ3n) is 2.40. The van der Waals surface area contributed by atoms with E-state index in [9.17, 15) is 14.9 Å². The molecule has 1 aromatic heterocycles. The lowest BCUT2D eigenvalue weighted by Crippen LogP contribution is -2.30. The normalized spacial score (nSPS) is 10.2. The monoisotopic (exact) mass is 255 g/mol. The largest absolute Gasteiger partial charge is 0.355 e. The van der Waals surface area contributed by atoms with Crippen LogP contribution in [0.1, 0.15) is 19.5 Å². The zero-order valence-corrected chi connectivity index (χ0v) is 10.7. The molecule has 1 amide bonds. The Kier molecular flexibility index (Phi) is 4.64. The van der Waals surface area contributed by atoms with E-state index in [1.54, 1.807) is 20.9 Å². The zero-order valence-electron chi connectivity index (χ0n) is 10.7. The average molecular weight is 255 g/mol. The minimum Gasteiger partial charge on any atom is -0.355 e. The van der Waals surface area contributed by atoms with Crippen LogP contribution in [0.2, 0.25) is 0 Å². The molecule has 8 nitrogen and oxygen atoms in total. The smallest absolute Gasteiger partial charge is 0.333 e. The molecule has 0 unspecified atom stereocenters. The third-order valence-corrected chi connectivity index (χ3v) is 2.40. The predicted octanol–water partition coefficient (Wildman–Crippen LogP) is 0.439. The van der Waals surface area contributed by atoms with Gasteiger partial charge in [-0.25, -0.2) is 4.68 Å². The summed E-state index contributed by atoms with van der Waals surface area (Å²) in [5.41, 5.74) is 0.338. The van der Waals surface area contributed by atoms with E-state index in [2.05, 4.69) is 15.7 Å². The van der Waals surface area contributed by atoms with Crippen LogP contribution in [-0.2, 0) is 18.3 Å². The van der Waals surface area contributed by atoms with Crippen LogP contribution in [0, 0.1) is 10.1 Å². The van der Waals surface area contributed by atoms with Crippen LogP contribution in [-0.4, -0.2) is 33.7 Å². The highest BCUT2D eigenvalue weighted by molar-refractivity contribution is 5.81. The number of aryl methyl sites for hydroxylation is 2. The summed E-state index contributed by atoms with van der Waals surface area (Å²) in [6.07, 6.45) is 0.465. The van der Waals surface area contributed by atoms with Crippen molar-refractivity contribution < 1.29 is 9.72 Å². The van der Waals surface area contributed by atoms with Gasteiger partial charge < -0.3 is 10.6 Å². The maximum absolute atomic E-state index is 11.3. The van der Waals surface area contributed by atoms with Crippen molar-refractivity contribution >= 4 is 17.4 Å². The standard InChI is InChI=1S/C10H17N5O3/c1-4-7-9(15(17)18)10(14(3)13-7)12-6-8(16)11-5-2/h12H,4-6H2,1-3H3,(H,11,16). The van der Waals surface area contributed by atoms with Crippen molar-refractivity contribution in [2.24, 2.45) is 7.05 Å². The summed E-state index contributed by atoms with van der Waals surface area (Å²) in [7, 11) is 1.60. The highest BCUT2D eigenvalue weighted by atomic mass is 16.6. The molecule has 18 heavy (non-hydrogen) atoms. The molecule has 0 bridgehead atoms. The average Bonchev–Trinajstić information content (AvgIpc) is 2.63. The fourth-order valence-electron chi connectivity index (χ4n) is 1.62. The topological polar surface area (TPSA) is 102 Å². The Balaban J connectivity index is 2.90. The van der Waals surface area contributed by atoms with Gasteiger partial charge in [0.05, 0.1) is 11.5 Å². The Morgan fingerprint density at radius 1 is 1.50 bits per heavy atom. The Morgan fingerprint density at radius 2 is 2.17 bits per heavy atom. The van der Waals surface area contributed by atoms with E-state index in [0.717, 1.165) is 0 Å². The molecular weight excluding hydrogens is 238 g/mol. The van der Waals surface area contributed by atoms with E-state index in [1.165, 1.54) is 4.68 Å². The molecule has 0 spiro atoms. The molecule has 1 heterocycles. The second kappa shape index (κ2) is 5.99. The van der Waals surface area contributed by atoms with E-state index in [-0.39, 0.29) is 24.0 Å². The van der Waals surface area contributed by atoms with Crippen molar-refractivity contribution in [2.45, 2.75) is 20.3 Å². The number of carbonyl (C=O) groups is 1. The highest BCUT2D eigenvalue weighted by Crippen LogP contribution is 2.27. The second-order valence-electron chi connectivity index (χ2n) is 3.69. The van der Waals surface area contributed by atoms with E-state index in [0.29, 0.717) is 18.7 Å². The van der Waals surface area contributed by atoms with Crippen LogP contribution >= 0.6 is 0 Å². The van der Waals surface area contributed by atoms with Gasteiger partial charge in [0.1, 0.15) is 5.69 Å². The summed E-state index contributed by atoms with van der Waals surface area (Å²) < 4.78 is 1.39. The van der Waals surface area contributed by atoms with Crippen LogP contribution < -0.4 is 10.6 Å². The van der Waals surface area contributed by atoms with Crippen molar-refractivity contribution in [1.82, 2.24) is 15.1 Å². The van der Waals surface area contributed by atoms with Gasteiger partial charge in [-0.05, 0) is 13.3 Å². The van der Waals surface area contributed by atoms with Crippen LogP contribution in [0.4, 0.5) is 11.5 Å². The lowest BCUT2D eigenvalue weighted by atomic mass is 10.3. The number of nitrogens with one attached hydrogen (secondary N) is 2. The molecule has 2 N–H and O–H groups in total. The number of nitro groups is 1. The number of carbonyl (C=O) groups excluding carboxylic acids is 1. The molecule has 0 aliphatic rings. The van der Waals surface area contributed by atoms with Crippen molar-refractivity contribution in [3.63, 3.8) is 0 Å². The zero-order chi connectivity index (χ0) is 13.7. The lowest BCUT2D eigenvalue weighted by Gasteiger charge is -2.05. The highest BCUT2D eigenvalue weighted by Gasteiger charge is 2.25. The molecule has 0 aliphatic carbocycles. The molecule has 0 radical (unpaired) electrons. The van der Waals surface area contributed by atoms with Gasteiger partial charge in [-0.3, -0.25) is 14.9 Å². The Bertz CT molecular complexity index is 455. The van der Waals surface area contributed by atoms with Crippen molar-refractivity contribution in [2.75, 3.05) is 18.4 Å². The summed E-state index contributed by atoms with van der Waals surface area (Å²) in [6.45, 7) is 4.11. The Labute approximate surface area is 105 Å². The maximum Gasteiger partial charge on any atom is 0.333 e. The molecule has 1 aromatic rings. The summed E-state index contributed by atoms with van der Waals surface area (Å²) in [6, 6.07) is 0. The molecular formula is C10H17N5O3. The maximum atomic E-state index is 11.3. The fraction of sp³-hybridized carbons (Fsp3) is 0.600. The summed E-state index contributed by atoms with van der Waals surface area (Å²) >= 11 is 0. The van der Waals surface area contributed by atoms with Gasteiger partial charge in [-0.1, -0.05) is 6.92 Å². The van der Waals surface area contributed by atoms with E-state index in [1.807, 2.05) is 0 Å². The van der Waals surface area contributed by atoms with Gasteiger partial charge in [-0.2, -0.15) is 5.10 Å². The van der Waals surface area contributed by atoms with Crippen LogP contribution in [0.3, 0.4) is 0 Å². The van der Waals surface area contributed by atoms with Gasteiger partial charge in [0.15, 0.2) is 0 Å². The number of aromatic nitrogens is 2. The molecule has 1 rings (SSSR count). The molecule has 0 atom stereocenters. The Hall–Kier alpha value is -2.12. The van der Waals surface area contributed by atoms with E-state index < -0.39 is 4.92 Å². The molecule has 0 fully saturated rings. The minimum atomic E-state index is -0.480. The third kappa shape index (κ3) is 2.96. The molecule has 0 aromatic carbocycles. The van der Waals surface area contributed by atoms with Gasteiger partial charge >= 0.3 is 5.69 Å². The van der Waals surface area contributed by atoms with E-state index in [4.69, 9.17) is 0 Å². The Morgan fingerprint density at radius 3 is 2.67 bits per heavy atom. The first-order valence-corrected chi connectivity index (χ1v) is 5.72. The summed E-state index contributed by atoms with van der Waals surface area (Å²) in [5.74, 6) is 0.0362. The molecule has 8 heteroatoms. The molecule has 0 saturated heterocycles. The first-order valence-electron chi connectivity index (χ1n) is 5.72. The van der Waals surface area contributed by atoms with Crippen molar-refractivity contribution in [3.05, 3.63) is 15.8 Å². The number of hydrogen-bond acceptors (Lipinski definition) is 5. The lowest BCUT2D eigenvalue weighted by molar-refractivity contribution is -0.384. The van der Waals surface area contributed by atoms with Crippen molar-refractivity contribution in [3.8, 4) is 0 Å². The minimum absolute atomic E-state index is 0.0165. The summed E-state index contributed by atoms with van der Waals surface area (Å²) in [4.78, 5) is 21.8. The predicted molar refractivity (Wildman–Crippen MR) is 66.4 cm³/mol. The van der Waals surface area contributed by atoms with Crippen molar-refractivity contribution in [1.29, 1.82) is 0 Å². The fourth-order valence-corrected chi connectivity index (χ4v) is 1.62. The number of rotatable bonds is 6. The number of nitrogens with zero attached hydrogens (tertiary/aromatic N) is 3. The second-order valence-corrected chi connectivity index (χ2v) is 3.69. The van der Waals surface area contributed by atoms with Crippen LogP contribution in [0.5, 0.6) is 0 Å². The van der Waals surface area contributed by atoms with E-state index >= 15 is 0 Å². The number of hydrogen-bond donors (Lipinski definition) is 2. The van der Waals surface area contributed by atoms with Gasteiger partial charge in [0.2, 0.25) is 11.7 Å². The van der Waals surface area contributed by atoms with Gasteiger partial charge in [0.25, 0.3) is 0 Å². The molecule has 0 saturated carbocycles. The number of likely N-dealkylation sites (N-methyl/N-ethyl adjacent to an activating group) is 1. The molecule has 100 valence electrons. The number of anilines is 1. The van der Waals surface area contributed by atoms with Gasteiger partial charge in [-0.15, -0.1) is 0 Å².